The Bertz CT molecular complexity index is 2490. The third kappa shape index (κ3) is 5.77. The molecule has 2 aliphatic rings. The van der Waals surface area contributed by atoms with Gasteiger partial charge in [0.15, 0.2) is 0 Å². The van der Waals surface area contributed by atoms with Crippen LogP contribution in [0.5, 0.6) is 0 Å². The van der Waals surface area contributed by atoms with E-state index < -0.39 is 87.2 Å². The fourth-order valence-electron chi connectivity index (χ4n) is 6.34. The van der Waals surface area contributed by atoms with Crippen molar-refractivity contribution >= 4 is 46.4 Å². The first-order valence-corrected chi connectivity index (χ1v) is 15.4. The van der Waals surface area contributed by atoms with Gasteiger partial charge in [0.25, 0.3) is 23.6 Å². The number of benzene rings is 5. The van der Waals surface area contributed by atoms with Crippen LogP contribution in [0, 0.1) is 0 Å². The van der Waals surface area contributed by atoms with E-state index in [-0.39, 0.29) is 43.8 Å². The molecule has 5 aromatic carbocycles. The molecule has 274 valence electrons. The summed E-state index contributed by atoms with van der Waals surface area (Å²) in [6.07, 6.45) is -14.9. The predicted molar refractivity (Wildman–Crippen MR) is 176 cm³/mol. The molecule has 8 nitrogen and oxygen atoms in total. The zero-order valence-electron chi connectivity index (χ0n) is 26.7. The number of carbonyl (C=O) groups is 4. The summed E-state index contributed by atoms with van der Waals surface area (Å²) in [6.45, 7) is 0. The quantitative estimate of drug-likeness (QED) is 0.107. The third-order valence-electron chi connectivity index (χ3n) is 8.94. The highest BCUT2D eigenvalue weighted by atomic mass is 19.4. The average molecular weight is 755 g/mol. The number of imide groups is 2. The van der Waals surface area contributed by atoms with Gasteiger partial charge in [-0.25, -0.2) is 9.80 Å². The molecule has 0 fully saturated rings. The van der Waals surface area contributed by atoms with Crippen LogP contribution in [0.2, 0.25) is 0 Å². The van der Waals surface area contributed by atoms with Crippen molar-refractivity contribution in [2.45, 2.75) is 18.5 Å². The molecule has 4 amide bonds. The lowest BCUT2D eigenvalue weighted by Gasteiger charge is -2.22. The van der Waals surface area contributed by atoms with Crippen molar-refractivity contribution in [1.82, 2.24) is 0 Å². The number of nitrogens with two attached hydrogens (primary N) is 2. The van der Waals surface area contributed by atoms with E-state index in [0.29, 0.717) is 17.0 Å². The lowest BCUT2D eigenvalue weighted by molar-refractivity contribution is -0.137. The van der Waals surface area contributed by atoms with Gasteiger partial charge in [-0.3, -0.25) is 19.2 Å². The van der Waals surface area contributed by atoms with E-state index >= 15 is 0 Å². The minimum absolute atomic E-state index is 0.0191. The molecule has 54 heavy (non-hydrogen) atoms. The Morgan fingerprint density at radius 3 is 1.20 bits per heavy atom. The number of nitrogen functional groups attached to an aromatic ring is 2. The van der Waals surface area contributed by atoms with Gasteiger partial charge in [0.2, 0.25) is 0 Å². The molecule has 0 radical (unpaired) electrons. The standard InChI is InChI=1S/C37H19F9N4O4/c38-35(39,40)25-13-18(3-8-28(25)47)16-1-6-21-23(11-16)33(53)49(31(21)51)20-5-10-30(27(15-20)37(44,45)46)50-32(52)22-7-2-17(12-24(22)34(50)54)19-4-9-29(48)26(14-19)36(41,42)43/h1-15H,47-48H2. The number of anilines is 4. The maximum Gasteiger partial charge on any atom is 0.418 e. The predicted octanol–water partition coefficient (Wildman–Crippen LogP) is 8.84. The number of fused-ring (bicyclic) bond motifs is 2. The van der Waals surface area contributed by atoms with Crippen molar-refractivity contribution in [1.29, 1.82) is 0 Å². The molecule has 0 spiro atoms. The Morgan fingerprint density at radius 2 is 0.759 bits per heavy atom. The van der Waals surface area contributed by atoms with Crippen LogP contribution in [0.25, 0.3) is 22.3 Å². The second-order valence-electron chi connectivity index (χ2n) is 12.2. The van der Waals surface area contributed by atoms with Crippen LogP contribution in [0.4, 0.5) is 62.3 Å². The normalized spacial score (nSPS) is 14.6. The molecular formula is C37H19F9N4O4. The largest absolute Gasteiger partial charge is 0.418 e. The van der Waals surface area contributed by atoms with Crippen molar-refractivity contribution < 1.29 is 58.7 Å². The number of nitrogens with zero attached hydrogens (tertiary/aromatic N) is 2. The highest BCUT2D eigenvalue weighted by molar-refractivity contribution is 6.36. The lowest BCUT2D eigenvalue weighted by atomic mass is 9.98. The van der Waals surface area contributed by atoms with Gasteiger partial charge in [-0.2, -0.15) is 39.5 Å². The highest BCUT2D eigenvalue weighted by Crippen LogP contribution is 2.44. The van der Waals surface area contributed by atoms with Crippen molar-refractivity contribution in [3.8, 4) is 22.3 Å². The molecule has 0 unspecified atom stereocenters. The van der Waals surface area contributed by atoms with Crippen LogP contribution in [0.1, 0.15) is 58.1 Å². The van der Waals surface area contributed by atoms with Crippen molar-refractivity contribution in [3.05, 3.63) is 130 Å². The van der Waals surface area contributed by atoms with Crippen molar-refractivity contribution in [3.63, 3.8) is 0 Å². The minimum atomic E-state index is -5.28. The number of alkyl halides is 9. The molecule has 0 saturated carbocycles. The molecule has 0 atom stereocenters. The molecule has 17 heteroatoms. The van der Waals surface area contributed by atoms with Crippen LogP contribution < -0.4 is 21.3 Å². The molecular weight excluding hydrogens is 735 g/mol. The van der Waals surface area contributed by atoms with Crippen LogP contribution in [0.3, 0.4) is 0 Å². The maximum absolute atomic E-state index is 14.6. The maximum atomic E-state index is 14.6. The van der Waals surface area contributed by atoms with Gasteiger partial charge >= 0.3 is 18.5 Å². The van der Waals surface area contributed by atoms with Crippen molar-refractivity contribution in [2.75, 3.05) is 21.3 Å². The molecule has 5 aromatic rings. The van der Waals surface area contributed by atoms with E-state index in [1.54, 1.807) is 0 Å². The first-order chi connectivity index (χ1) is 25.2. The van der Waals surface area contributed by atoms with Crippen LogP contribution in [-0.4, -0.2) is 23.6 Å². The highest BCUT2D eigenvalue weighted by Gasteiger charge is 2.45. The summed E-state index contributed by atoms with van der Waals surface area (Å²) in [4.78, 5) is 54.4. The molecule has 0 saturated heterocycles. The zero-order chi connectivity index (χ0) is 39.2. The van der Waals surface area contributed by atoms with E-state index in [1.165, 1.54) is 24.3 Å². The van der Waals surface area contributed by atoms with Gasteiger partial charge in [0.1, 0.15) is 0 Å². The summed E-state index contributed by atoms with van der Waals surface area (Å²) in [7, 11) is 0. The van der Waals surface area contributed by atoms with E-state index in [9.17, 15) is 58.7 Å². The van der Waals surface area contributed by atoms with Crippen molar-refractivity contribution in [2.24, 2.45) is 0 Å². The van der Waals surface area contributed by atoms with Crippen LogP contribution in [0.15, 0.2) is 91.0 Å². The summed E-state index contributed by atoms with van der Waals surface area (Å²) >= 11 is 0. The van der Waals surface area contributed by atoms with E-state index in [4.69, 9.17) is 11.5 Å². The fraction of sp³-hybridized carbons (Fsp3) is 0.0811. The Hall–Kier alpha value is -6.65. The molecule has 4 N–H and O–H groups in total. The monoisotopic (exact) mass is 754 g/mol. The van der Waals surface area contributed by atoms with E-state index in [1.807, 2.05) is 0 Å². The average Bonchev–Trinajstić information content (AvgIpc) is 3.50. The summed E-state index contributed by atoms with van der Waals surface area (Å²) < 4.78 is 125. The number of amides is 4. The molecule has 2 heterocycles. The minimum Gasteiger partial charge on any atom is -0.398 e. The molecule has 0 bridgehead atoms. The number of halogens is 9. The Kier molecular flexibility index (Phi) is 7.90. The zero-order valence-corrected chi connectivity index (χ0v) is 26.7. The SMILES string of the molecule is Nc1ccc(-c2ccc3c(c2)C(=O)N(c2ccc(N4C(=O)c5ccc(-c6ccc(N)c(C(F)(F)F)c6)cc5C4=O)c(C(F)(F)F)c2)C3=O)cc1C(F)(F)F. The van der Waals surface area contributed by atoms with E-state index in [2.05, 4.69) is 0 Å². The second kappa shape index (κ2) is 11.9. The summed E-state index contributed by atoms with van der Waals surface area (Å²) in [5.41, 5.74) is 3.03. The smallest absolute Gasteiger partial charge is 0.398 e. The van der Waals surface area contributed by atoms with E-state index in [0.717, 1.165) is 54.6 Å². The first kappa shape index (κ1) is 35.7. The van der Waals surface area contributed by atoms with Gasteiger partial charge in [-0.05, 0) is 89.0 Å². The Morgan fingerprint density at radius 1 is 0.389 bits per heavy atom. The number of carbonyl (C=O) groups excluding carboxylic acids is 4. The van der Waals surface area contributed by atoms with Gasteiger partial charge in [0.05, 0.1) is 50.3 Å². The third-order valence-corrected chi connectivity index (χ3v) is 8.94. The van der Waals surface area contributed by atoms with Crippen LogP contribution in [-0.2, 0) is 18.5 Å². The van der Waals surface area contributed by atoms with Gasteiger partial charge in [0, 0.05) is 11.4 Å². The summed E-state index contributed by atoms with van der Waals surface area (Å²) in [5, 5.41) is 0. The Balaban J connectivity index is 1.23. The van der Waals surface area contributed by atoms with Gasteiger partial charge < -0.3 is 11.5 Å². The molecule has 7 rings (SSSR count). The number of hydrogen-bond acceptors (Lipinski definition) is 6. The topological polar surface area (TPSA) is 127 Å². The summed E-state index contributed by atoms with van der Waals surface area (Å²) in [5.74, 6) is -4.57. The Labute approximate surface area is 297 Å². The second-order valence-corrected chi connectivity index (χ2v) is 12.2. The number of hydrogen-bond donors (Lipinski definition) is 2. The number of rotatable bonds is 4. The molecule has 0 aromatic heterocycles. The molecule has 0 aliphatic carbocycles. The fourth-order valence-corrected chi connectivity index (χ4v) is 6.34. The van der Waals surface area contributed by atoms with Gasteiger partial charge in [-0.15, -0.1) is 0 Å². The first-order valence-electron chi connectivity index (χ1n) is 15.4. The lowest BCUT2D eigenvalue weighted by Crippen LogP contribution is -2.33. The van der Waals surface area contributed by atoms with Gasteiger partial charge in [-0.1, -0.05) is 24.3 Å². The summed E-state index contributed by atoms with van der Waals surface area (Å²) in [6, 6.07) is 14.8. The molecule has 2 aliphatic heterocycles. The van der Waals surface area contributed by atoms with Crippen LogP contribution >= 0.6 is 0 Å².